The third-order valence-electron chi connectivity index (χ3n) is 2.55. The van der Waals surface area contributed by atoms with Crippen molar-refractivity contribution in [3.63, 3.8) is 0 Å². The highest BCUT2D eigenvalue weighted by molar-refractivity contribution is 7.98. The minimum absolute atomic E-state index is 0.0849. The fraction of sp³-hybridized carbons (Fsp3) is 0.636. The van der Waals surface area contributed by atoms with Crippen LogP contribution in [0.2, 0.25) is 0 Å². The first-order valence-corrected chi connectivity index (χ1v) is 9.05. The number of carbonyl (C=O) groups is 1. The summed E-state index contributed by atoms with van der Waals surface area (Å²) in [6.45, 7) is 3.71. The monoisotopic (exact) mass is 321 g/mol. The van der Waals surface area contributed by atoms with Crippen molar-refractivity contribution in [1.82, 2.24) is 14.9 Å². The Morgan fingerprint density at radius 2 is 2.25 bits per heavy atom. The quantitative estimate of drug-likeness (QED) is 0.693. The lowest BCUT2D eigenvalue weighted by atomic mass is 10.3. The van der Waals surface area contributed by atoms with Gasteiger partial charge in [0.25, 0.3) is 10.0 Å². The van der Waals surface area contributed by atoms with E-state index < -0.39 is 16.0 Å². The summed E-state index contributed by atoms with van der Waals surface area (Å²) in [5, 5.41) is 5.72. The minimum atomic E-state index is -3.83. The van der Waals surface area contributed by atoms with Crippen molar-refractivity contribution in [2.75, 3.05) is 18.6 Å². The maximum absolute atomic E-state index is 12.3. The molecule has 1 unspecified atom stereocenters. The van der Waals surface area contributed by atoms with Crippen molar-refractivity contribution in [3.8, 4) is 0 Å². The fourth-order valence-electron chi connectivity index (χ4n) is 1.55. The molecule has 2 N–H and O–H groups in total. The normalized spacial score (nSPS) is 13.2. The molecule has 0 aliphatic carbocycles. The Kier molecular flexibility index (Phi) is 6.50. The van der Waals surface area contributed by atoms with Crippen LogP contribution in [0.3, 0.4) is 0 Å². The molecule has 20 heavy (non-hydrogen) atoms. The molecule has 7 nitrogen and oxygen atoms in total. The number of H-pyrrole nitrogens is 1. The maximum atomic E-state index is 12.3. The number of aromatic nitrogens is 2. The molecule has 0 aliphatic rings. The number of sulfonamides is 1. The molecule has 0 fully saturated rings. The van der Waals surface area contributed by atoms with Crippen LogP contribution in [0.4, 0.5) is 0 Å². The lowest BCUT2D eigenvalue weighted by Crippen LogP contribution is -2.37. The van der Waals surface area contributed by atoms with Gasteiger partial charge in [-0.2, -0.15) is 16.9 Å². The van der Waals surface area contributed by atoms with E-state index in [1.165, 1.54) is 0 Å². The topological polar surface area (TPSA) is 101 Å². The molecule has 0 saturated carbocycles. The Morgan fingerprint density at radius 1 is 1.55 bits per heavy atom. The highest BCUT2D eigenvalue weighted by atomic mass is 32.2. The van der Waals surface area contributed by atoms with Gasteiger partial charge in [-0.05, 0) is 19.6 Å². The fourth-order valence-corrected chi connectivity index (χ4v) is 3.78. The molecule has 0 radical (unpaired) electrons. The zero-order valence-corrected chi connectivity index (χ0v) is 13.3. The van der Waals surface area contributed by atoms with E-state index >= 15 is 0 Å². The molecule has 0 bridgehead atoms. The van der Waals surface area contributed by atoms with Gasteiger partial charge in [-0.15, -0.1) is 0 Å². The van der Waals surface area contributed by atoms with E-state index in [1.807, 2.05) is 13.2 Å². The number of hydrogen-bond acceptors (Lipinski definition) is 6. The molecule has 114 valence electrons. The number of nitrogens with zero attached hydrogens (tertiary/aromatic N) is 1. The Hall–Kier alpha value is -1.06. The first-order chi connectivity index (χ1) is 9.46. The van der Waals surface area contributed by atoms with Crippen LogP contribution in [-0.2, 0) is 14.8 Å². The van der Waals surface area contributed by atoms with Crippen molar-refractivity contribution in [1.29, 1.82) is 0 Å². The summed E-state index contributed by atoms with van der Waals surface area (Å²) in [4.78, 5) is 11.7. The lowest BCUT2D eigenvalue weighted by Gasteiger charge is -2.15. The van der Waals surface area contributed by atoms with Gasteiger partial charge in [0, 0.05) is 11.8 Å². The lowest BCUT2D eigenvalue weighted by molar-refractivity contribution is 0.0522. The van der Waals surface area contributed by atoms with Crippen LogP contribution >= 0.6 is 11.8 Å². The van der Waals surface area contributed by atoms with Crippen molar-refractivity contribution in [2.45, 2.75) is 31.3 Å². The number of hydrogen-bond donors (Lipinski definition) is 2. The van der Waals surface area contributed by atoms with Gasteiger partial charge < -0.3 is 4.74 Å². The van der Waals surface area contributed by atoms with Gasteiger partial charge in [-0.25, -0.2) is 17.9 Å². The molecule has 1 atom stereocenters. The first kappa shape index (κ1) is 17.0. The molecule has 0 aromatic carbocycles. The number of thioether (sulfide) groups is 1. The van der Waals surface area contributed by atoms with Gasteiger partial charge in [-0.3, -0.25) is 5.10 Å². The predicted molar refractivity (Wildman–Crippen MR) is 77.3 cm³/mol. The number of esters is 1. The smallest absolute Gasteiger partial charge is 0.342 e. The average molecular weight is 321 g/mol. The van der Waals surface area contributed by atoms with Crippen molar-refractivity contribution in [3.05, 3.63) is 11.8 Å². The molecular formula is C11H19N3O4S2. The number of carbonyl (C=O) groups excluding carboxylic acids is 1. The Morgan fingerprint density at radius 3 is 2.80 bits per heavy atom. The van der Waals surface area contributed by atoms with E-state index in [2.05, 4.69) is 14.9 Å². The van der Waals surface area contributed by atoms with Gasteiger partial charge in [0.2, 0.25) is 0 Å². The second-order valence-electron chi connectivity index (χ2n) is 4.02. The molecule has 1 heterocycles. The summed E-state index contributed by atoms with van der Waals surface area (Å²) in [5.41, 5.74) is -0.0849. The SMILES string of the molecule is CCOC(=O)c1cn[nH]c1S(=O)(=O)NC(CC)CSC. The maximum Gasteiger partial charge on any atom is 0.342 e. The zero-order valence-electron chi connectivity index (χ0n) is 11.7. The zero-order chi connectivity index (χ0) is 15.2. The molecule has 0 spiro atoms. The van der Waals surface area contributed by atoms with Crippen LogP contribution in [-0.4, -0.2) is 49.2 Å². The average Bonchev–Trinajstić information content (AvgIpc) is 2.88. The first-order valence-electron chi connectivity index (χ1n) is 6.18. The van der Waals surface area contributed by atoms with Crippen LogP contribution in [0.5, 0.6) is 0 Å². The predicted octanol–water partition coefficient (Wildman–Crippen LogP) is 1.01. The van der Waals surface area contributed by atoms with Gasteiger partial charge >= 0.3 is 5.97 Å². The summed E-state index contributed by atoms with van der Waals surface area (Å²) in [6.07, 6.45) is 3.71. The molecule has 1 aromatic heterocycles. The second-order valence-corrected chi connectivity index (χ2v) is 6.58. The summed E-state index contributed by atoms with van der Waals surface area (Å²) in [5.74, 6) is -0.0574. The second kappa shape index (κ2) is 7.65. The summed E-state index contributed by atoms with van der Waals surface area (Å²) >= 11 is 1.55. The summed E-state index contributed by atoms with van der Waals surface area (Å²) in [6, 6.07) is -0.201. The molecule has 0 aliphatic heterocycles. The van der Waals surface area contributed by atoms with E-state index in [0.29, 0.717) is 12.2 Å². The highest BCUT2D eigenvalue weighted by Gasteiger charge is 2.27. The van der Waals surface area contributed by atoms with Gasteiger partial charge in [0.15, 0.2) is 5.03 Å². The molecular weight excluding hydrogens is 302 g/mol. The molecule has 1 rings (SSSR count). The standard InChI is InChI=1S/C11H19N3O4S2/c1-4-8(7-19-3)14-20(16,17)10-9(6-12-13-10)11(15)18-5-2/h6,8,14H,4-5,7H2,1-3H3,(H,12,13). The minimum Gasteiger partial charge on any atom is -0.462 e. The Bertz CT molecular complexity index is 542. The van der Waals surface area contributed by atoms with Crippen molar-refractivity contribution < 1.29 is 17.9 Å². The van der Waals surface area contributed by atoms with Crippen LogP contribution in [0, 0.1) is 0 Å². The number of ether oxygens (including phenoxy) is 1. The van der Waals surface area contributed by atoms with E-state index in [9.17, 15) is 13.2 Å². The van der Waals surface area contributed by atoms with E-state index in [1.54, 1.807) is 18.7 Å². The van der Waals surface area contributed by atoms with Crippen molar-refractivity contribution >= 4 is 27.8 Å². The van der Waals surface area contributed by atoms with Gasteiger partial charge in [-0.1, -0.05) is 6.92 Å². The van der Waals surface area contributed by atoms with E-state index in [4.69, 9.17) is 4.74 Å². The molecule has 1 aromatic rings. The van der Waals surface area contributed by atoms with E-state index in [0.717, 1.165) is 6.20 Å². The van der Waals surface area contributed by atoms with Gasteiger partial charge in [0.05, 0.1) is 12.8 Å². The summed E-state index contributed by atoms with van der Waals surface area (Å²) < 4.78 is 31.9. The third kappa shape index (κ3) is 4.22. The summed E-state index contributed by atoms with van der Waals surface area (Å²) in [7, 11) is -3.83. The molecule has 0 amide bonds. The Balaban J connectivity index is 2.98. The Labute approximate surface area is 122 Å². The number of nitrogens with one attached hydrogen (secondary N) is 2. The van der Waals surface area contributed by atoms with Crippen LogP contribution in [0.25, 0.3) is 0 Å². The van der Waals surface area contributed by atoms with Crippen LogP contribution in [0.15, 0.2) is 11.2 Å². The van der Waals surface area contributed by atoms with Crippen LogP contribution < -0.4 is 4.72 Å². The van der Waals surface area contributed by atoms with E-state index in [-0.39, 0.29) is 23.2 Å². The van der Waals surface area contributed by atoms with Gasteiger partial charge in [0.1, 0.15) is 5.56 Å². The number of rotatable bonds is 8. The third-order valence-corrected chi connectivity index (χ3v) is 4.78. The largest absolute Gasteiger partial charge is 0.462 e. The number of aromatic amines is 1. The highest BCUT2D eigenvalue weighted by Crippen LogP contribution is 2.15. The molecule has 9 heteroatoms. The van der Waals surface area contributed by atoms with Crippen molar-refractivity contribution in [2.24, 2.45) is 0 Å². The molecule has 0 saturated heterocycles. The van der Waals surface area contributed by atoms with Crippen LogP contribution in [0.1, 0.15) is 30.6 Å².